The van der Waals surface area contributed by atoms with Gasteiger partial charge in [-0.25, -0.2) is 4.39 Å². The molecule has 1 aromatic heterocycles. The zero-order valence-electron chi connectivity index (χ0n) is 21.6. The Hall–Kier alpha value is -4.42. The van der Waals surface area contributed by atoms with Crippen molar-refractivity contribution in [3.8, 4) is 11.1 Å². The second kappa shape index (κ2) is 11.3. The van der Waals surface area contributed by atoms with Gasteiger partial charge in [-0.3, -0.25) is 9.88 Å². The van der Waals surface area contributed by atoms with E-state index in [9.17, 15) is 4.39 Å². The zero-order chi connectivity index (χ0) is 26.5. The number of benzene rings is 3. The molecule has 1 saturated heterocycles. The van der Waals surface area contributed by atoms with E-state index < -0.39 is 0 Å². The van der Waals surface area contributed by atoms with Crippen molar-refractivity contribution in [2.75, 3.05) is 25.0 Å². The Morgan fingerprint density at radius 2 is 1.55 bits per heavy atom. The average molecular weight is 506 g/mol. The number of nitrogens with one attached hydrogen (secondary N) is 1. The Morgan fingerprint density at radius 1 is 0.895 bits per heavy atom. The average Bonchev–Trinajstić information content (AvgIpc) is 2.94. The van der Waals surface area contributed by atoms with Crippen LogP contribution in [0.5, 0.6) is 0 Å². The third-order valence-electron chi connectivity index (χ3n) is 6.80. The van der Waals surface area contributed by atoms with E-state index in [0.29, 0.717) is 12.2 Å². The number of aromatic nitrogens is 1. The van der Waals surface area contributed by atoms with Crippen molar-refractivity contribution in [2.24, 2.45) is 5.73 Å². The van der Waals surface area contributed by atoms with Gasteiger partial charge < -0.3 is 16.0 Å². The van der Waals surface area contributed by atoms with Crippen molar-refractivity contribution in [1.29, 1.82) is 0 Å². The summed E-state index contributed by atoms with van der Waals surface area (Å²) in [7, 11) is 0. The molecule has 0 unspecified atom stereocenters. The van der Waals surface area contributed by atoms with Crippen LogP contribution in [-0.4, -0.2) is 34.4 Å². The summed E-state index contributed by atoms with van der Waals surface area (Å²) in [5, 5.41) is 3.51. The first-order chi connectivity index (χ1) is 18.5. The van der Waals surface area contributed by atoms with E-state index in [4.69, 9.17) is 5.73 Å². The van der Waals surface area contributed by atoms with Gasteiger partial charge in [0.05, 0.1) is 5.70 Å². The van der Waals surface area contributed by atoms with Gasteiger partial charge in [0.25, 0.3) is 0 Å². The van der Waals surface area contributed by atoms with Gasteiger partial charge in [0.15, 0.2) is 0 Å². The largest absolute Gasteiger partial charge is 0.395 e. The quantitative estimate of drug-likeness (QED) is 0.312. The summed E-state index contributed by atoms with van der Waals surface area (Å²) in [4.78, 5) is 8.63. The van der Waals surface area contributed by atoms with Crippen LogP contribution < -0.4 is 11.1 Å². The van der Waals surface area contributed by atoms with Crippen LogP contribution in [0.15, 0.2) is 115 Å². The summed E-state index contributed by atoms with van der Waals surface area (Å²) in [5.41, 5.74) is 14.6. The van der Waals surface area contributed by atoms with E-state index in [0.717, 1.165) is 48.0 Å². The molecule has 4 aromatic rings. The van der Waals surface area contributed by atoms with Gasteiger partial charge in [0.1, 0.15) is 11.6 Å². The number of aryl methyl sites for hydroxylation is 1. The van der Waals surface area contributed by atoms with Crippen molar-refractivity contribution < 1.29 is 4.39 Å². The third kappa shape index (κ3) is 5.93. The van der Waals surface area contributed by atoms with Crippen LogP contribution in [0, 0.1) is 12.7 Å². The summed E-state index contributed by atoms with van der Waals surface area (Å²) in [5.74, 6) is 0.466. The monoisotopic (exact) mass is 505 g/mol. The highest BCUT2D eigenvalue weighted by atomic mass is 19.1. The Labute approximate surface area is 223 Å². The van der Waals surface area contributed by atoms with Gasteiger partial charge in [-0.2, -0.15) is 0 Å². The second-order valence-corrected chi connectivity index (χ2v) is 9.62. The number of piperazine rings is 1. The SMILES string of the molecule is C=C1CN(Cc2ccc(-c3ccncc3)cc2)CCN1/C(Nc1ccc(C)cc1)=C(\N)c1ccc(F)cc1. The van der Waals surface area contributed by atoms with Crippen molar-refractivity contribution in [3.63, 3.8) is 0 Å². The van der Waals surface area contributed by atoms with E-state index >= 15 is 0 Å². The van der Waals surface area contributed by atoms with Crippen molar-refractivity contribution >= 4 is 11.4 Å². The van der Waals surface area contributed by atoms with Crippen LogP contribution >= 0.6 is 0 Å². The first-order valence-corrected chi connectivity index (χ1v) is 12.7. The Kier molecular flexibility index (Phi) is 7.52. The van der Waals surface area contributed by atoms with E-state index in [1.54, 1.807) is 12.1 Å². The molecular weight excluding hydrogens is 473 g/mol. The minimum absolute atomic E-state index is 0.290. The lowest BCUT2D eigenvalue weighted by Gasteiger charge is -2.39. The van der Waals surface area contributed by atoms with Gasteiger partial charge in [0, 0.05) is 55.5 Å². The lowest BCUT2D eigenvalue weighted by Crippen LogP contribution is -2.45. The van der Waals surface area contributed by atoms with E-state index in [1.165, 1.54) is 28.8 Å². The number of nitrogens with zero attached hydrogens (tertiary/aromatic N) is 3. The Balaban J connectivity index is 1.32. The lowest BCUT2D eigenvalue weighted by atomic mass is 10.0. The molecule has 1 fully saturated rings. The summed E-state index contributed by atoms with van der Waals surface area (Å²) in [6.45, 7) is 9.57. The Morgan fingerprint density at radius 3 is 2.21 bits per heavy atom. The van der Waals surface area contributed by atoms with Crippen LogP contribution in [0.1, 0.15) is 16.7 Å². The molecule has 0 bridgehead atoms. The predicted molar refractivity (Wildman–Crippen MR) is 153 cm³/mol. The first-order valence-electron chi connectivity index (χ1n) is 12.7. The molecule has 5 rings (SSSR count). The van der Waals surface area contributed by atoms with Crippen LogP contribution in [-0.2, 0) is 6.54 Å². The fraction of sp³-hybridized carbons (Fsp3) is 0.156. The fourth-order valence-corrected chi connectivity index (χ4v) is 4.65. The molecule has 6 heteroatoms. The molecule has 38 heavy (non-hydrogen) atoms. The van der Waals surface area contributed by atoms with Crippen molar-refractivity contribution in [2.45, 2.75) is 13.5 Å². The number of pyridine rings is 1. The molecule has 0 radical (unpaired) electrons. The van der Waals surface area contributed by atoms with Crippen LogP contribution in [0.25, 0.3) is 16.8 Å². The maximum Gasteiger partial charge on any atom is 0.134 e. The molecule has 0 atom stereocenters. The molecular formula is C32H32FN5. The smallest absolute Gasteiger partial charge is 0.134 e. The van der Waals surface area contributed by atoms with E-state index in [-0.39, 0.29) is 5.82 Å². The highest BCUT2D eigenvalue weighted by molar-refractivity contribution is 5.70. The fourth-order valence-electron chi connectivity index (χ4n) is 4.65. The molecule has 0 aliphatic carbocycles. The topological polar surface area (TPSA) is 57.4 Å². The van der Waals surface area contributed by atoms with Gasteiger partial charge >= 0.3 is 0 Å². The molecule has 5 nitrogen and oxygen atoms in total. The maximum atomic E-state index is 13.6. The molecule has 0 amide bonds. The highest BCUT2D eigenvalue weighted by Gasteiger charge is 2.25. The first kappa shape index (κ1) is 25.2. The van der Waals surface area contributed by atoms with Crippen molar-refractivity contribution in [3.05, 3.63) is 138 Å². The number of hydrogen-bond donors (Lipinski definition) is 2. The standard InChI is InChI=1S/C32H32FN5/c1-23-3-13-30(14-4-23)36-32(31(34)28-9-11-29(33)12-10-28)38-20-19-37(21-24(38)2)22-25-5-7-26(8-6-25)27-15-17-35-18-16-27/h3-18,36H,2,19-22,34H2,1H3/b32-31-. The van der Waals surface area contributed by atoms with Crippen molar-refractivity contribution in [1.82, 2.24) is 14.8 Å². The predicted octanol–water partition coefficient (Wildman–Crippen LogP) is 6.22. The molecule has 3 aromatic carbocycles. The molecule has 3 N–H and O–H groups in total. The minimum Gasteiger partial charge on any atom is -0.395 e. The number of anilines is 1. The molecule has 1 aliphatic heterocycles. The summed E-state index contributed by atoms with van der Waals surface area (Å²) in [6, 6.07) is 27.2. The van der Waals surface area contributed by atoms with Gasteiger partial charge in [-0.15, -0.1) is 0 Å². The van der Waals surface area contributed by atoms with Gasteiger partial charge in [-0.1, -0.05) is 48.5 Å². The molecule has 1 aliphatic rings. The van der Waals surface area contributed by atoms with E-state index in [1.807, 2.05) is 36.7 Å². The molecule has 2 heterocycles. The number of halogens is 1. The third-order valence-corrected chi connectivity index (χ3v) is 6.80. The number of hydrogen-bond acceptors (Lipinski definition) is 5. The minimum atomic E-state index is -0.290. The van der Waals surface area contributed by atoms with Gasteiger partial charge in [0.2, 0.25) is 0 Å². The van der Waals surface area contributed by atoms with E-state index in [2.05, 4.69) is 70.0 Å². The lowest BCUT2D eigenvalue weighted by molar-refractivity contribution is 0.196. The van der Waals surface area contributed by atoms with Crippen LogP contribution in [0.2, 0.25) is 0 Å². The molecule has 0 saturated carbocycles. The number of rotatable bonds is 7. The maximum absolute atomic E-state index is 13.6. The summed E-state index contributed by atoms with van der Waals surface area (Å²) in [6.07, 6.45) is 3.63. The van der Waals surface area contributed by atoms with Crippen LogP contribution in [0.4, 0.5) is 10.1 Å². The molecule has 192 valence electrons. The summed E-state index contributed by atoms with van der Waals surface area (Å²) < 4.78 is 13.6. The molecule has 0 spiro atoms. The summed E-state index contributed by atoms with van der Waals surface area (Å²) >= 11 is 0. The second-order valence-electron chi connectivity index (χ2n) is 9.62. The van der Waals surface area contributed by atoms with Gasteiger partial charge in [-0.05, 0) is 72.1 Å². The zero-order valence-corrected chi connectivity index (χ0v) is 21.6. The normalized spacial score (nSPS) is 14.8. The Bertz CT molecular complexity index is 1410. The number of nitrogens with two attached hydrogens (primary N) is 1. The highest BCUT2D eigenvalue weighted by Crippen LogP contribution is 2.27. The van der Waals surface area contributed by atoms with Crippen LogP contribution in [0.3, 0.4) is 0 Å².